The largest absolute Gasteiger partial charge is 0.437 e. The molecule has 1 fully saturated rings. The third kappa shape index (κ3) is 3.61. The van der Waals surface area contributed by atoms with Gasteiger partial charge in [0.25, 0.3) is 0 Å². The number of halogens is 2. The molecule has 2 atom stereocenters. The standard InChI is InChI=1S/C21H21ClFNO2/c1-3-12-21(17-6-10-19(23)11-7-17)13-14-24(20(25)26-21)15(2)16-4-8-18(22)9-5-16/h3-11,15H,1,12-14H2,2H3/t15-,21?/m0/s1. The number of benzene rings is 2. The van der Waals surface area contributed by atoms with Crippen molar-refractivity contribution >= 4 is 17.7 Å². The van der Waals surface area contributed by atoms with Crippen molar-refractivity contribution in [3.8, 4) is 0 Å². The molecule has 2 aromatic carbocycles. The second-order valence-corrected chi connectivity index (χ2v) is 6.97. The summed E-state index contributed by atoms with van der Waals surface area (Å²) in [4.78, 5) is 14.5. The average molecular weight is 374 g/mol. The predicted molar refractivity (Wildman–Crippen MR) is 101 cm³/mol. The normalized spacial score (nSPS) is 21.2. The van der Waals surface area contributed by atoms with Gasteiger partial charge < -0.3 is 9.64 Å². The van der Waals surface area contributed by atoms with E-state index in [4.69, 9.17) is 16.3 Å². The molecule has 1 aliphatic rings. The lowest BCUT2D eigenvalue weighted by atomic mass is 9.85. The molecule has 1 heterocycles. The molecule has 0 saturated carbocycles. The molecule has 0 aliphatic carbocycles. The molecule has 0 radical (unpaired) electrons. The Hall–Kier alpha value is -2.33. The van der Waals surface area contributed by atoms with E-state index in [1.807, 2.05) is 31.2 Å². The van der Waals surface area contributed by atoms with Crippen LogP contribution in [0, 0.1) is 5.82 Å². The molecule has 0 spiro atoms. The molecule has 3 nitrogen and oxygen atoms in total. The van der Waals surface area contributed by atoms with Crippen molar-refractivity contribution in [3.63, 3.8) is 0 Å². The summed E-state index contributed by atoms with van der Waals surface area (Å²) in [5, 5.41) is 0.656. The number of carbonyl (C=O) groups is 1. The fraction of sp³-hybridized carbons (Fsp3) is 0.286. The summed E-state index contributed by atoms with van der Waals surface area (Å²) in [6.07, 6.45) is 2.43. The summed E-state index contributed by atoms with van der Waals surface area (Å²) in [5.41, 5.74) is 0.971. The third-order valence-corrected chi connectivity index (χ3v) is 5.19. The maximum Gasteiger partial charge on any atom is 0.411 e. The first kappa shape index (κ1) is 18.5. The number of nitrogens with zero attached hydrogens (tertiary/aromatic N) is 1. The smallest absolute Gasteiger partial charge is 0.411 e. The maximum absolute atomic E-state index is 13.3. The molecule has 0 N–H and O–H groups in total. The molecule has 0 aromatic heterocycles. The number of hydrogen-bond acceptors (Lipinski definition) is 2. The second kappa shape index (κ2) is 7.50. The van der Waals surface area contributed by atoms with Gasteiger partial charge in [0, 0.05) is 24.4 Å². The molecule has 2 aromatic rings. The van der Waals surface area contributed by atoms with Crippen LogP contribution in [0.2, 0.25) is 5.02 Å². The number of amides is 1. The Morgan fingerprint density at radius 1 is 1.27 bits per heavy atom. The topological polar surface area (TPSA) is 29.5 Å². The number of ether oxygens (including phenoxy) is 1. The monoisotopic (exact) mass is 373 g/mol. The van der Waals surface area contributed by atoms with Gasteiger partial charge in [0.05, 0.1) is 6.04 Å². The van der Waals surface area contributed by atoms with Gasteiger partial charge in [0.2, 0.25) is 0 Å². The van der Waals surface area contributed by atoms with Crippen molar-refractivity contribution in [2.75, 3.05) is 6.54 Å². The maximum atomic E-state index is 13.3. The molecule has 3 rings (SSSR count). The Bertz CT molecular complexity index is 791. The van der Waals surface area contributed by atoms with Crippen molar-refractivity contribution in [2.45, 2.75) is 31.4 Å². The van der Waals surface area contributed by atoms with Gasteiger partial charge in [-0.25, -0.2) is 9.18 Å². The summed E-state index contributed by atoms with van der Waals surface area (Å²) < 4.78 is 19.2. The van der Waals surface area contributed by atoms with E-state index in [9.17, 15) is 9.18 Å². The zero-order chi connectivity index (χ0) is 18.7. The van der Waals surface area contributed by atoms with Crippen LogP contribution in [-0.2, 0) is 10.3 Å². The van der Waals surface area contributed by atoms with Crippen LogP contribution >= 0.6 is 11.6 Å². The lowest BCUT2D eigenvalue weighted by Crippen LogP contribution is -2.48. The predicted octanol–water partition coefficient (Wildman–Crippen LogP) is 5.85. The highest BCUT2D eigenvalue weighted by atomic mass is 35.5. The molecule has 1 amide bonds. The first-order valence-corrected chi connectivity index (χ1v) is 8.95. The Balaban J connectivity index is 1.83. The zero-order valence-electron chi connectivity index (χ0n) is 14.6. The third-order valence-electron chi connectivity index (χ3n) is 4.94. The minimum absolute atomic E-state index is 0.130. The van der Waals surface area contributed by atoms with E-state index in [1.165, 1.54) is 12.1 Å². The van der Waals surface area contributed by atoms with Gasteiger partial charge >= 0.3 is 6.09 Å². The lowest BCUT2D eigenvalue weighted by Gasteiger charge is -2.43. The van der Waals surface area contributed by atoms with Crippen molar-refractivity contribution in [1.29, 1.82) is 0 Å². The van der Waals surface area contributed by atoms with Gasteiger partial charge in [-0.05, 0) is 42.3 Å². The molecule has 0 bridgehead atoms. The van der Waals surface area contributed by atoms with Gasteiger partial charge in [-0.2, -0.15) is 0 Å². The SMILES string of the molecule is C=CCC1(c2ccc(F)cc2)CCN([C@@H](C)c2ccc(Cl)cc2)C(=O)O1. The Morgan fingerprint density at radius 2 is 1.92 bits per heavy atom. The first-order valence-electron chi connectivity index (χ1n) is 8.57. The van der Waals surface area contributed by atoms with Crippen LogP contribution in [0.4, 0.5) is 9.18 Å². The van der Waals surface area contributed by atoms with Crippen LogP contribution in [0.5, 0.6) is 0 Å². The minimum Gasteiger partial charge on any atom is -0.437 e. The number of hydrogen-bond donors (Lipinski definition) is 0. The minimum atomic E-state index is -0.803. The fourth-order valence-corrected chi connectivity index (χ4v) is 3.52. The summed E-state index contributed by atoms with van der Waals surface area (Å²) in [5.74, 6) is -0.317. The van der Waals surface area contributed by atoms with Gasteiger partial charge in [-0.15, -0.1) is 6.58 Å². The van der Waals surface area contributed by atoms with Crippen LogP contribution in [0.1, 0.15) is 36.9 Å². The van der Waals surface area contributed by atoms with Gasteiger partial charge in [0.1, 0.15) is 11.4 Å². The highest BCUT2D eigenvalue weighted by molar-refractivity contribution is 6.30. The quantitative estimate of drug-likeness (QED) is 0.615. The van der Waals surface area contributed by atoms with E-state index in [2.05, 4.69) is 6.58 Å². The Labute approximate surface area is 158 Å². The molecular formula is C21H21ClFNO2. The van der Waals surface area contributed by atoms with E-state index >= 15 is 0 Å². The summed E-state index contributed by atoms with van der Waals surface area (Å²) in [6.45, 7) is 6.28. The highest BCUT2D eigenvalue weighted by Crippen LogP contribution is 2.39. The summed E-state index contributed by atoms with van der Waals surface area (Å²) in [6, 6.07) is 13.4. The first-order chi connectivity index (χ1) is 12.4. The van der Waals surface area contributed by atoms with Crippen molar-refractivity contribution in [1.82, 2.24) is 4.90 Å². The second-order valence-electron chi connectivity index (χ2n) is 6.53. The molecule has 26 heavy (non-hydrogen) atoms. The van der Waals surface area contributed by atoms with Crippen LogP contribution in [0.15, 0.2) is 61.2 Å². The van der Waals surface area contributed by atoms with Crippen molar-refractivity contribution in [2.24, 2.45) is 0 Å². The fourth-order valence-electron chi connectivity index (χ4n) is 3.39. The van der Waals surface area contributed by atoms with Crippen LogP contribution in [0.3, 0.4) is 0 Å². The summed E-state index contributed by atoms with van der Waals surface area (Å²) >= 11 is 5.94. The molecule has 5 heteroatoms. The molecule has 1 saturated heterocycles. The molecule has 136 valence electrons. The number of cyclic esters (lactones) is 1. The van der Waals surface area contributed by atoms with E-state index in [0.29, 0.717) is 24.4 Å². The molecular weight excluding hydrogens is 353 g/mol. The van der Waals surface area contributed by atoms with E-state index < -0.39 is 5.60 Å². The molecule has 1 unspecified atom stereocenters. The van der Waals surface area contributed by atoms with Crippen molar-refractivity contribution < 1.29 is 13.9 Å². The van der Waals surface area contributed by atoms with E-state index in [0.717, 1.165) is 11.1 Å². The summed E-state index contributed by atoms with van der Waals surface area (Å²) in [7, 11) is 0. The average Bonchev–Trinajstić information content (AvgIpc) is 2.63. The van der Waals surface area contributed by atoms with Crippen LogP contribution < -0.4 is 0 Å². The van der Waals surface area contributed by atoms with Crippen molar-refractivity contribution in [3.05, 3.63) is 83.2 Å². The Morgan fingerprint density at radius 3 is 2.50 bits per heavy atom. The lowest BCUT2D eigenvalue weighted by molar-refractivity contribution is -0.0588. The van der Waals surface area contributed by atoms with Gasteiger partial charge in [-0.3, -0.25) is 0 Å². The number of rotatable bonds is 5. The zero-order valence-corrected chi connectivity index (χ0v) is 15.4. The Kier molecular flexibility index (Phi) is 5.33. The van der Waals surface area contributed by atoms with E-state index in [-0.39, 0.29) is 18.0 Å². The highest BCUT2D eigenvalue weighted by Gasteiger charge is 2.42. The molecule has 1 aliphatic heterocycles. The van der Waals surface area contributed by atoms with Gasteiger partial charge in [-0.1, -0.05) is 41.9 Å². The van der Waals surface area contributed by atoms with Crippen LogP contribution in [0.25, 0.3) is 0 Å². The number of carbonyl (C=O) groups excluding carboxylic acids is 1. The van der Waals surface area contributed by atoms with Gasteiger partial charge in [0.15, 0.2) is 0 Å². The van der Waals surface area contributed by atoms with E-state index in [1.54, 1.807) is 23.1 Å². The van der Waals surface area contributed by atoms with Crippen LogP contribution in [-0.4, -0.2) is 17.5 Å².